The zero-order valence-corrected chi connectivity index (χ0v) is 19.1. The van der Waals surface area contributed by atoms with E-state index in [4.69, 9.17) is 11.5 Å². The van der Waals surface area contributed by atoms with Gasteiger partial charge in [0.1, 0.15) is 36.7 Å². The standard InChI is InChI=1S/C24H21F5N8/c25-16-3-1-15(2-4-16)19-5-6-20-21(34-19)22(30)36(11-24(27,28)29)23(31)35(20)10-14-7-17(26)9-18(8-14)37-13-32-12-33-37/h1-9,12-13,22-23H,10-11,30-31H2. The lowest BCUT2D eigenvalue weighted by atomic mass is 10.1. The van der Waals surface area contributed by atoms with Crippen LogP contribution in [0.15, 0.2) is 67.3 Å². The van der Waals surface area contributed by atoms with E-state index in [1.165, 1.54) is 58.6 Å². The molecule has 4 aromatic rings. The van der Waals surface area contributed by atoms with E-state index >= 15 is 0 Å². The van der Waals surface area contributed by atoms with E-state index in [1.807, 2.05) is 0 Å². The highest BCUT2D eigenvalue weighted by molar-refractivity contribution is 5.65. The molecular weight excluding hydrogens is 495 g/mol. The number of hydrogen-bond acceptors (Lipinski definition) is 7. The van der Waals surface area contributed by atoms with Crippen molar-refractivity contribution in [3.05, 3.63) is 90.1 Å². The molecule has 8 nitrogen and oxygen atoms in total. The highest BCUT2D eigenvalue weighted by Gasteiger charge is 2.42. The van der Waals surface area contributed by atoms with Crippen LogP contribution < -0.4 is 16.4 Å². The topological polar surface area (TPSA) is 102 Å². The number of anilines is 1. The number of nitrogens with zero attached hydrogens (tertiary/aromatic N) is 6. The largest absolute Gasteiger partial charge is 0.401 e. The SMILES string of the molecule is NC1c2nc(-c3ccc(F)cc3)ccc2N(Cc2cc(F)cc(-n3cncn3)c2)C(N)N1CC(F)(F)F. The van der Waals surface area contributed by atoms with Gasteiger partial charge in [0.2, 0.25) is 0 Å². The molecule has 37 heavy (non-hydrogen) atoms. The second-order valence-corrected chi connectivity index (χ2v) is 8.54. The summed E-state index contributed by atoms with van der Waals surface area (Å²) in [5.41, 5.74) is 14.9. The van der Waals surface area contributed by atoms with Gasteiger partial charge >= 0.3 is 6.18 Å². The van der Waals surface area contributed by atoms with E-state index < -0.39 is 36.8 Å². The van der Waals surface area contributed by atoms with Crippen LogP contribution in [0.2, 0.25) is 0 Å². The summed E-state index contributed by atoms with van der Waals surface area (Å²) in [5, 5.41) is 3.99. The van der Waals surface area contributed by atoms with Crippen LogP contribution in [0.4, 0.5) is 27.6 Å². The lowest BCUT2D eigenvalue weighted by Crippen LogP contribution is -2.62. The summed E-state index contributed by atoms with van der Waals surface area (Å²) >= 11 is 0. The summed E-state index contributed by atoms with van der Waals surface area (Å²) in [4.78, 5) is 10.7. The first-order valence-corrected chi connectivity index (χ1v) is 11.1. The fraction of sp³-hybridized carbons (Fsp3) is 0.208. The van der Waals surface area contributed by atoms with Gasteiger partial charge in [-0.2, -0.15) is 18.3 Å². The lowest BCUT2D eigenvalue weighted by Gasteiger charge is -2.46. The Balaban J connectivity index is 1.57. The fourth-order valence-electron chi connectivity index (χ4n) is 4.33. The number of halogens is 5. The molecule has 0 bridgehead atoms. The summed E-state index contributed by atoms with van der Waals surface area (Å²) in [6.45, 7) is -1.44. The highest BCUT2D eigenvalue weighted by atomic mass is 19.4. The van der Waals surface area contributed by atoms with Crippen LogP contribution in [0.1, 0.15) is 17.4 Å². The maximum absolute atomic E-state index is 14.5. The molecule has 1 aliphatic heterocycles. The van der Waals surface area contributed by atoms with Gasteiger partial charge < -0.3 is 10.6 Å². The molecule has 5 rings (SSSR count). The average Bonchev–Trinajstić information content (AvgIpc) is 3.39. The van der Waals surface area contributed by atoms with Crippen LogP contribution in [0.3, 0.4) is 0 Å². The first-order chi connectivity index (χ1) is 17.6. The summed E-state index contributed by atoms with van der Waals surface area (Å²) in [7, 11) is 0. The molecule has 4 N–H and O–H groups in total. The predicted octanol–water partition coefficient (Wildman–Crippen LogP) is 3.69. The van der Waals surface area contributed by atoms with Crippen molar-refractivity contribution in [2.75, 3.05) is 11.4 Å². The van der Waals surface area contributed by atoms with E-state index in [0.29, 0.717) is 28.2 Å². The Morgan fingerprint density at radius 1 is 0.919 bits per heavy atom. The van der Waals surface area contributed by atoms with Gasteiger partial charge in [-0.3, -0.25) is 5.73 Å². The van der Waals surface area contributed by atoms with E-state index in [9.17, 15) is 22.0 Å². The van der Waals surface area contributed by atoms with Gasteiger partial charge in [-0.15, -0.1) is 0 Å². The number of rotatable bonds is 5. The summed E-state index contributed by atoms with van der Waals surface area (Å²) < 4.78 is 69.6. The van der Waals surface area contributed by atoms with E-state index in [2.05, 4.69) is 15.1 Å². The summed E-state index contributed by atoms with van der Waals surface area (Å²) in [6.07, 6.45) is -4.47. The smallest absolute Gasteiger partial charge is 0.337 e. The lowest BCUT2D eigenvalue weighted by molar-refractivity contribution is -0.158. The monoisotopic (exact) mass is 516 g/mol. The molecule has 13 heteroatoms. The first-order valence-electron chi connectivity index (χ1n) is 11.1. The zero-order valence-electron chi connectivity index (χ0n) is 19.1. The van der Waals surface area contributed by atoms with Crippen molar-refractivity contribution in [2.24, 2.45) is 11.5 Å². The third-order valence-electron chi connectivity index (χ3n) is 5.99. The Morgan fingerprint density at radius 2 is 1.68 bits per heavy atom. The number of benzene rings is 2. The molecular formula is C24H21F5N8. The molecule has 2 aromatic carbocycles. The minimum atomic E-state index is -4.59. The number of hydrogen-bond donors (Lipinski definition) is 2. The molecule has 3 heterocycles. The highest BCUT2D eigenvalue weighted by Crippen LogP contribution is 2.38. The molecule has 0 radical (unpaired) electrons. The van der Waals surface area contributed by atoms with Gasteiger partial charge in [0, 0.05) is 12.1 Å². The van der Waals surface area contributed by atoms with Crippen LogP contribution in [0.25, 0.3) is 16.9 Å². The molecule has 1 aliphatic rings. The maximum Gasteiger partial charge on any atom is 0.401 e. The minimum Gasteiger partial charge on any atom is -0.337 e. The normalized spacial score (nSPS) is 18.2. The number of alkyl halides is 3. The zero-order chi connectivity index (χ0) is 26.3. The third kappa shape index (κ3) is 5.14. The van der Waals surface area contributed by atoms with Crippen molar-refractivity contribution in [3.63, 3.8) is 0 Å². The minimum absolute atomic E-state index is 0.0493. The van der Waals surface area contributed by atoms with Crippen LogP contribution in [-0.4, -0.2) is 43.7 Å². The molecule has 2 aromatic heterocycles. The maximum atomic E-state index is 14.5. The summed E-state index contributed by atoms with van der Waals surface area (Å²) in [6, 6.07) is 13.0. The Morgan fingerprint density at radius 3 is 2.35 bits per heavy atom. The van der Waals surface area contributed by atoms with E-state index in [-0.39, 0.29) is 12.2 Å². The molecule has 2 unspecified atom stereocenters. The molecule has 0 fully saturated rings. The summed E-state index contributed by atoms with van der Waals surface area (Å²) in [5.74, 6) is -1.00. The van der Waals surface area contributed by atoms with Gasteiger partial charge in [0.05, 0.1) is 29.3 Å². The third-order valence-corrected chi connectivity index (χ3v) is 5.99. The predicted molar refractivity (Wildman–Crippen MR) is 125 cm³/mol. The van der Waals surface area contributed by atoms with Crippen molar-refractivity contribution < 1.29 is 22.0 Å². The van der Waals surface area contributed by atoms with Crippen molar-refractivity contribution in [1.82, 2.24) is 24.6 Å². The second-order valence-electron chi connectivity index (χ2n) is 8.54. The number of aromatic nitrogens is 4. The molecule has 0 saturated heterocycles. The van der Waals surface area contributed by atoms with Crippen molar-refractivity contribution >= 4 is 5.69 Å². The molecule has 0 aliphatic carbocycles. The Labute approximate surface area is 207 Å². The van der Waals surface area contributed by atoms with Crippen LogP contribution in [0, 0.1) is 11.6 Å². The van der Waals surface area contributed by atoms with Crippen molar-refractivity contribution in [3.8, 4) is 16.9 Å². The Kier molecular flexibility index (Phi) is 6.35. The molecule has 0 amide bonds. The quantitative estimate of drug-likeness (QED) is 0.390. The van der Waals surface area contributed by atoms with Gasteiger partial charge in [0.15, 0.2) is 0 Å². The second kappa shape index (κ2) is 9.50. The Hall–Kier alpha value is -3.94. The van der Waals surface area contributed by atoms with E-state index in [0.717, 1.165) is 4.90 Å². The number of fused-ring (bicyclic) bond motifs is 1. The number of pyridine rings is 1. The first kappa shape index (κ1) is 24.7. The van der Waals surface area contributed by atoms with Crippen molar-refractivity contribution in [1.29, 1.82) is 0 Å². The average molecular weight is 516 g/mol. The molecule has 2 atom stereocenters. The van der Waals surface area contributed by atoms with Gasteiger partial charge in [0.25, 0.3) is 0 Å². The molecule has 192 valence electrons. The van der Waals surface area contributed by atoms with Crippen LogP contribution in [-0.2, 0) is 6.54 Å². The molecule has 0 saturated carbocycles. The van der Waals surface area contributed by atoms with Crippen molar-refractivity contribution in [2.45, 2.75) is 25.2 Å². The fourth-order valence-corrected chi connectivity index (χ4v) is 4.33. The van der Waals surface area contributed by atoms with E-state index in [1.54, 1.807) is 18.2 Å². The van der Waals surface area contributed by atoms with Crippen LogP contribution >= 0.6 is 0 Å². The number of nitrogens with two attached hydrogens (primary N) is 2. The molecule has 0 spiro atoms. The Bertz CT molecular complexity index is 1390. The van der Waals surface area contributed by atoms with Gasteiger partial charge in [-0.1, -0.05) is 0 Å². The van der Waals surface area contributed by atoms with Gasteiger partial charge in [-0.05, 0) is 60.2 Å². The van der Waals surface area contributed by atoms with Crippen LogP contribution in [0.5, 0.6) is 0 Å². The van der Waals surface area contributed by atoms with Gasteiger partial charge in [-0.25, -0.2) is 28.3 Å².